The van der Waals surface area contributed by atoms with Gasteiger partial charge in [-0.25, -0.2) is 0 Å². The molecule has 4 unspecified atom stereocenters. The van der Waals surface area contributed by atoms with Crippen molar-refractivity contribution in [3.8, 4) is 16.9 Å². The van der Waals surface area contributed by atoms with Gasteiger partial charge in [-0.15, -0.1) is 23.5 Å². The Labute approximate surface area is 318 Å². The maximum Gasteiger partial charge on any atom is 0.416 e. The van der Waals surface area contributed by atoms with Crippen LogP contribution in [0.15, 0.2) is 101 Å². The second-order valence-corrected chi connectivity index (χ2v) is 17.4. The summed E-state index contributed by atoms with van der Waals surface area (Å²) < 4.78 is 51.0. The van der Waals surface area contributed by atoms with Crippen molar-refractivity contribution >= 4 is 46.1 Å². The Hall–Kier alpha value is -3.81. The third kappa shape index (κ3) is 4.95. The van der Waals surface area contributed by atoms with Crippen molar-refractivity contribution in [2.45, 2.75) is 71.9 Å². The van der Waals surface area contributed by atoms with E-state index in [0.29, 0.717) is 11.8 Å². The Morgan fingerprint density at radius 3 is 2.17 bits per heavy atom. The number of benzene rings is 5. The van der Waals surface area contributed by atoms with Gasteiger partial charge in [-0.2, -0.15) is 13.2 Å². The number of hydrogen-bond donors (Lipinski definition) is 0. The van der Waals surface area contributed by atoms with Crippen LogP contribution in [-0.4, -0.2) is 25.6 Å². The molecule has 2 nitrogen and oxygen atoms in total. The fourth-order valence-electron chi connectivity index (χ4n) is 10.9. The molecule has 2 bridgehead atoms. The molecule has 2 aliphatic heterocycles. The van der Waals surface area contributed by atoms with E-state index in [-0.39, 0.29) is 0 Å². The topological polar surface area (TPSA) is 12.5 Å². The van der Waals surface area contributed by atoms with Gasteiger partial charge >= 0.3 is 6.18 Å². The molecule has 5 aromatic carbocycles. The lowest BCUT2D eigenvalue weighted by atomic mass is 9.65. The van der Waals surface area contributed by atoms with Crippen LogP contribution in [0.5, 0.6) is 5.75 Å². The Balaban J connectivity index is 1.25. The van der Waals surface area contributed by atoms with Crippen LogP contribution in [0.1, 0.15) is 78.3 Å². The number of rotatable bonds is 5. The van der Waals surface area contributed by atoms with Crippen LogP contribution in [0.25, 0.3) is 28.0 Å². The minimum absolute atomic E-state index is 0.291. The van der Waals surface area contributed by atoms with Gasteiger partial charge in [0.1, 0.15) is 5.75 Å². The third-order valence-electron chi connectivity index (χ3n) is 13.2. The van der Waals surface area contributed by atoms with E-state index in [2.05, 4.69) is 90.2 Å². The van der Waals surface area contributed by atoms with Gasteiger partial charge in [0.05, 0.1) is 5.56 Å². The zero-order valence-electron chi connectivity index (χ0n) is 30.1. The average molecular weight is 746 g/mol. The smallest absolute Gasteiger partial charge is 0.416 e. The molecule has 5 aromatic rings. The summed E-state index contributed by atoms with van der Waals surface area (Å²) in [6, 6.07) is 28.6. The number of ether oxygens (including phenoxy) is 1. The van der Waals surface area contributed by atoms with Gasteiger partial charge in [-0.05, 0) is 133 Å². The number of thioether (sulfide) groups is 2. The van der Waals surface area contributed by atoms with Crippen LogP contribution < -0.4 is 9.64 Å². The summed E-state index contributed by atoms with van der Waals surface area (Å²) in [5.41, 5.74) is 6.54. The van der Waals surface area contributed by atoms with E-state index >= 15 is 0 Å². The third-order valence-corrected chi connectivity index (χ3v) is 14.8. The molecule has 0 radical (unpaired) electrons. The maximum atomic E-state index is 14.5. The Morgan fingerprint density at radius 2 is 1.51 bits per heavy atom. The van der Waals surface area contributed by atoms with Crippen molar-refractivity contribution in [1.82, 2.24) is 0 Å². The molecule has 53 heavy (non-hydrogen) atoms. The van der Waals surface area contributed by atoms with Crippen LogP contribution in [0.2, 0.25) is 0 Å². The fraction of sp³-hybridized carbons (Fsp3) is 0.348. The molecule has 1 saturated heterocycles. The van der Waals surface area contributed by atoms with Crippen LogP contribution in [0, 0.1) is 11.8 Å². The largest absolute Gasteiger partial charge is 0.472 e. The molecule has 4 atom stereocenters. The van der Waals surface area contributed by atoms with E-state index in [1.54, 1.807) is 29.6 Å². The molecular formula is C46H42F3NOS2. The molecule has 0 N–H and O–H groups in total. The number of nitrogens with zero attached hydrogens (tertiary/aromatic N) is 1. The molecule has 2 heterocycles. The van der Waals surface area contributed by atoms with Crippen molar-refractivity contribution in [2.24, 2.45) is 11.8 Å². The highest BCUT2D eigenvalue weighted by atomic mass is 32.2. The minimum Gasteiger partial charge on any atom is -0.472 e. The number of halogens is 3. The Kier molecular flexibility index (Phi) is 7.87. The van der Waals surface area contributed by atoms with E-state index in [4.69, 9.17) is 4.74 Å². The summed E-state index contributed by atoms with van der Waals surface area (Å²) in [6.07, 6.45) is 12.2. The monoisotopic (exact) mass is 745 g/mol. The first-order chi connectivity index (χ1) is 25.7. The minimum atomic E-state index is -4.41. The first kappa shape index (κ1) is 33.7. The predicted octanol–water partition coefficient (Wildman–Crippen LogP) is 12.7. The van der Waals surface area contributed by atoms with E-state index in [1.807, 2.05) is 6.07 Å². The highest BCUT2D eigenvalue weighted by Gasteiger charge is 2.59. The SMILES string of the molecule is CSc1cc2c3c(c4c(c2cc1SC)-c1ccc(C(F)(F)F)cc1C41CC2CCC1C2)C=CC(c1ccccc1)(c1ccc(N2CCCCC2)cc1)O3. The normalized spacial score (nSPS) is 25.5. The number of anilines is 1. The molecule has 2 saturated carbocycles. The van der Waals surface area contributed by atoms with Crippen LogP contribution >= 0.6 is 23.5 Å². The molecule has 10 rings (SSSR count). The van der Waals surface area contributed by atoms with Crippen molar-refractivity contribution in [3.63, 3.8) is 0 Å². The molecule has 1 spiro atoms. The predicted molar refractivity (Wildman–Crippen MR) is 214 cm³/mol. The fourth-order valence-corrected chi connectivity index (χ4v) is 12.3. The lowest BCUT2D eigenvalue weighted by Crippen LogP contribution is -2.37. The van der Waals surface area contributed by atoms with Gasteiger partial charge in [0.25, 0.3) is 0 Å². The molecule has 7 heteroatoms. The van der Waals surface area contributed by atoms with Gasteiger partial charge in [-0.1, -0.05) is 61.0 Å². The summed E-state index contributed by atoms with van der Waals surface area (Å²) in [6.45, 7) is 2.16. The highest BCUT2D eigenvalue weighted by Crippen LogP contribution is 2.69. The van der Waals surface area contributed by atoms with Crippen molar-refractivity contribution in [2.75, 3.05) is 30.5 Å². The number of hydrogen-bond acceptors (Lipinski definition) is 4. The molecule has 3 fully saturated rings. The molecule has 3 aliphatic carbocycles. The first-order valence-electron chi connectivity index (χ1n) is 19.0. The summed E-state index contributed by atoms with van der Waals surface area (Å²) in [5.74, 6) is 1.63. The first-order valence-corrected chi connectivity index (χ1v) is 21.5. The van der Waals surface area contributed by atoms with Crippen molar-refractivity contribution < 1.29 is 17.9 Å². The summed E-state index contributed by atoms with van der Waals surface area (Å²) >= 11 is 3.44. The zero-order chi connectivity index (χ0) is 36.1. The van der Waals surface area contributed by atoms with E-state index < -0.39 is 22.8 Å². The number of fused-ring (bicyclic) bond motifs is 13. The molecular weight excluding hydrogens is 704 g/mol. The molecule has 0 aromatic heterocycles. The van der Waals surface area contributed by atoms with Crippen molar-refractivity contribution in [3.05, 3.63) is 124 Å². The quantitative estimate of drug-likeness (QED) is 0.166. The average Bonchev–Trinajstić information content (AvgIpc) is 3.90. The summed E-state index contributed by atoms with van der Waals surface area (Å²) in [5, 5.41) is 2.08. The van der Waals surface area contributed by atoms with Gasteiger partial charge in [0.2, 0.25) is 0 Å². The maximum absolute atomic E-state index is 14.5. The summed E-state index contributed by atoms with van der Waals surface area (Å²) in [4.78, 5) is 4.82. The van der Waals surface area contributed by atoms with Crippen LogP contribution in [-0.2, 0) is 17.2 Å². The lowest BCUT2D eigenvalue weighted by molar-refractivity contribution is -0.137. The second-order valence-electron chi connectivity index (χ2n) is 15.7. The Bertz CT molecular complexity index is 2300. The van der Waals surface area contributed by atoms with Gasteiger partial charge < -0.3 is 9.64 Å². The van der Waals surface area contributed by atoms with Crippen molar-refractivity contribution in [1.29, 1.82) is 0 Å². The van der Waals surface area contributed by atoms with Gasteiger partial charge in [0.15, 0.2) is 5.60 Å². The van der Waals surface area contributed by atoms with Gasteiger partial charge in [-0.3, -0.25) is 0 Å². The molecule has 270 valence electrons. The zero-order valence-corrected chi connectivity index (χ0v) is 31.7. The highest BCUT2D eigenvalue weighted by molar-refractivity contribution is 8.01. The van der Waals surface area contributed by atoms with E-state index in [9.17, 15) is 13.2 Å². The number of piperidine rings is 1. The number of alkyl halides is 3. The van der Waals surface area contributed by atoms with Gasteiger partial charge in [0, 0.05) is 56.1 Å². The van der Waals surface area contributed by atoms with E-state index in [1.165, 1.54) is 52.4 Å². The van der Waals surface area contributed by atoms with Crippen LogP contribution in [0.3, 0.4) is 0 Å². The molecule has 0 amide bonds. The van der Waals surface area contributed by atoms with Crippen LogP contribution in [0.4, 0.5) is 18.9 Å². The Morgan fingerprint density at radius 1 is 0.792 bits per heavy atom. The lowest BCUT2D eigenvalue weighted by Gasteiger charge is -2.41. The van der Waals surface area contributed by atoms with E-state index in [0.717, 1.165) is 88.7 Å². The standard InChI is InChI=1S/C46H42F3NOS2/c1-52-39-25-36-37(26-40(39)53-2)43-35(42-41(36)34-18-15-32(46(47,48)49)24-38(34)44(42)27-28-11-12-31(44)23-28)19-20-45(51-43,29-9-5-3-6-10-29)30-13-16-33(17-14-30)50-21-7-4-8-22-50/h3,5-6,9-10,13-20,24-26,28,31H,4,7-8,11-12,21-23,27H2,1-2H3. The molecule has 5 aliphatic rings. The summed E-state index contributed by atoms with van der Waals surface area (Å²) in [7, 11) is 0. The second kappa shape index (κ2) is 12.4.